The van der Waals surface area contributed by atoms with Crippen molar-refractivity contribution in [3.05, 3.63) is 11.6 Å². The van der Waals surface area contributed by atoms with Crippen molar-refractivity contribution >= 4 is 11.9 Å². The number of hydrogen-bond donors (Lipinski definition) is 0. The van der Waals surface area contributed by atoms with Crippen LogP contribution >= 0.6 is 0 Å². The summed E-state index contributed by atoms with van der Waals surface area (Å²) in [6.07, 6.45) is 1.44. The van der Waals surface area contributed by atoms with Gasteiger partial charge in [0.25, 0.3) is 0 Å². The fraction of sp³-hybridized carbons (Fsp3) is 0.583. The van der Waals surface area contributed by atoms with E-state index in [1.165, 1.54) is 6.08 Å². The van der Waals surface area contributed by atoms with Crippen molar-refractivity contribution in [1.82, 2.24) is 0 Å². The average molecular weight is 239 g/mol. The predicted octanol–water partition coefficient (Wildman–Crippen LogP) is 1.59. The van der Waals surface area contributed by atoms with Crippen molar-refractivity contribution < 1.29 is 19.1 Å². The van der Waals surface area contributed by atoms with Crippen LogP contribution < -0.4 is 0 Å². The van der Waals surface area contributed by atoms with Gasteiger partial charge in [0.2, 0.25) is 0 Å². The van der Waals surface area contributed by atoms with Crippen LogP contribution in [0, 0.1) is 17.2 Å². The Bertz CT molecular complexity index is 323. The Morgan fingerprint density at radius 2 is 1.71 bits per heavy atom. The lowest BCUT2D eigenvalue weighted by atomic mass is 10.0. The second kappa shape index (κ2) is 8.34. The van der Waals surface area contributed by atoms with Crippen molar-refractivity contribution in [3.8, 4) is 6.07 Å². The van der Waals surface area contributed by atoms with E-state index in [0.717, 1.165) is 0 Å². The van der Waals surface area contributed by atoms with Crippen molar-refractivity contribution in [2.45, 2.75) is 27.2 Å². The van der Waals surface area contributed by atoms with Crippen molar-refractivity contribution in [2.75, 3.05) is 13.2 Å². The van der Waals surface area contributed by atoms with Gasteiger partial charge in [-0.3, -0.25) is 9.59 Å². The smallest absolute Gasteiger partial charge is 0.320 e. The van der Waals surface area contributed by atoms with E-state index < -0.39 is 17.9 Å². The molecule has 0 saturated carbocycles. The number of carbonyl (C=O) groups excluding carboxylic acids is 2. The zero-order chi connectivity index (χ0) is 13.3. The lowest BCUT2D eigenvalue weighted by Crippen LogP contribution is -2.28. The molecule has 0 amide bonds. The molecule has 0 aliphatic heterocycles. The fourth-order valence-corrected chi connectivity index (χ4v) is 1.24. The molecular formula is C12H17NO4. The molecular weight excluding hydrogens is 222 g/mol. The molecule has 0 spiro atoms. The van der Waals surface area contributed by atoms with Crippen LogP contribution in [0.2, 0.25) is 0 Å². The molecule has 0 aliphatic rings. The first-order valence-electron chi connectivity index (χ1n) is 5.45. The summed E-state index contributed by atoms with van der Waals surface area (Å²) >= 11 is 0. The maximum absolute atomic E-state index is 11.6. The number of rotatable bonds is 6. The first-order chi connectivity index (χ1) is 8.06. The van der Waals surface area contributed by atoms with Crippen LogP contribution in [0.1, 0.15) is 27.2 Å². The van der Waals surface area contributed by atoms with Crippen LogP contribution in [0.5, 0.6) is 0 Å². The number of esters is 2. The topological polar surface area (TPSA) is 76.4 Å². The molecule has 0 unspecified atom stereocenters. The molecule has 5 nitrogen and oxygen atoms in total. The molecule has 94 valence electrons. The molecule has 0 aromatic carbocycles. The van der Waals surface area contributed by atoms with Crippen LogP contribution in [0.4, 0.5) is 0 Å². The van der Waals surface area contributed by atoms with Gasteiger partial charge in [-0.05, 0) is 27.2 Å². The highest BCUT2D eigenvalue weighted by Gasteiger charge is 2.29. The van der Waals surface area contributed by atoms with E-state index in [-0.39, 0.29) is 19.6 Å². The second-order valence-corrected chi connectivity index (χ2v) is 3.38. The Balaban J connectivity index is 4.74. The number of nitriles is 1. The lowest BCUT2D eigenvalue weighted by Gasteiger charge is -2.14. The minimum atomic E-state index is -0.987. The van der Waals surface area contributed by atoms with Gasteiger partial charge in [-0.1, -0.05) is 5.57 Å². The van der Waals surface area contributed by atoms with Crippen molar-refractivity contribution in [3.63, 3.8) is 0 Å². The second-order valence-electron chi connectivity index (χ2n) is 3.38. The maximum Gasteiger partial charge on any atom is 0.320 e. The highest BCUT2D eigenvalue weighted by Crippen LogP contribution is 2.15. The molecule has 0 aromatic heterocycles. The maximum atomic E-state index is 11.6. The molecule has 0 bridgehead atoms. The zero-order valence-electron chi connectivity index (χ0n) is 10.4. The van der Waals surface area contributed by atoms with Crippen LogP contribution in [0.3, 0.4) is 0 Å². The predicted molar refractivity (Wildman–Crippen MR) is 60.7 cm³/mol. The quantitative estimate of drug-likeness (QED) is 0.399. The van der Waals surface area contributed by atoms with E-state index in [0.29, 0.717) is 5.57 Å². The third-order valence-corrected chi connectivity index (χ3v) is 1.98. The highest BCUT2D eigenvalue weighted by atomic mass is 16.6. The van der Waals surface area contributed by atoms with E-state index in [1.54, 1.807) is 20.8 Å². The molecule has 5 heteroatoms. The summed E-state index contributed by atoms with van der Waals surface area (Å²) < 4.78 is 9.60. The van der Waals surface area contributed by atoms with Crippen molar-refractivity contribution in [1.29, 1.82) is 5.26 Å². The average Bonchev–Trinajstić information content (AvgIpc) is 2.26. The summed E-state index contributed by atoms with van der Waals surface area (Å²) in [6, 6.07) is 1.85. The van der Waals surface area contributed by atoms with Crippen LogP contribution in [-0.4, -0.2) is 25.2 Å². The van der Waals surface area contributed by atoms with Crippen LogP contribution in [0.25, 0.3) is 0 Å². The standard InChI is InChI=1S/C12H17NO4/c1-4-16-11(14)10(12(15)17-5-2)8-9(3)6-7-13/h6,10H,4-5,8H2,1-3H3. The summed E-state index contributed by atoms with van der Waals surface area (Å²) in [5, 5.41) is 8.47. The van der Waals surface area contributed by atoms with Gasteiger partial charge in [-0.25, -0.2) is 0 Å². The minimum Gasteiger partial charge on any atom is -0.465 e. The molecule has 0 N–H and O–H groups in total. The first kappa shape index (κ1) is 15.2. The van der Waals surface area contributed by atoms with E-state index in [1.807, 2.05) is 6.07 Å². The monoisotopic (exact) mass is 239 g/mol. The fourth-order valence-electron chi connectivity index (χ4n) is 1.24. The summed E-state index contributed by atoms with van der Waals surface area (Å²) in [4.78, 5) is 23.1. The van der Waals surface area contributed by atoms with Gasteiger partial charge in [0, 0.05) is 6.08 Å². The molecule has 0 heterocycles. The third kappa shape index (κ3) is 5.71. The summed E-state index contributed by atoms with van der Waals surface area (Å²) in [5.74, 6) is -2.22. The first-order valence-corrected chi connectivity index (χ1v) is 5.45. The molecule has 0 rings (SSSR count). The molecule has 0 aliphatic carbocycles. The van der Waals surface area contributed by atoms with E-state index in [4.69, 9.17) is 14.7 Å². The van der Waals surface area contributed by atoms with Gasteiger partial charge in [-0.2, -0.15) is 5.26 Å². The van der Waals surface area contributed by atoms with E-state index >= 15 is 0 Å². The van der Waals surface area contributed by atoms with Gasteiger partial charge in [-0.15, -0.1) is 0 Å². The van der Waals surface area contributed by atoms with E-state index in [2.05, 4.69) is 0 Å². The number of ether oxygens (including phenoxy) is 2. The Hall–Kier alpha value is -1.83. The number of nitrogens with zero attached hydrogens (tertiary/aromatic N) is 1. The number of hydrogen-bond acceptors (Lipinski definition) is 5. The van der Waals surface area contributed by atoms with Crippen LogP contribution in [-0.2, 0) is 19.1 Å². The minimum absolute atomic E-state index is 0.144. The highest BCUT2D eigenvalue weighted by molar-refractivity contribution is 5.95. The summed E-state index contributed by atoms with van der Waals surface area (Å²) in [6.45, 7) is 5.41. The lowest BCUT2D eigenvalue weighted by molar-refractivity contribution is -0.161. The van der Waals surface area contributed by atoms with Gasteiger partial charge >= 0.3 is 11.9 Å². The zero-order valence-corrected chi connectivity index (χ0v) is 10.4. The molecule has 0 radical (unpaired) electrons. The number of allylic oxidation sites excluding steroid dienone is 2. The largest absolute Gasteiger partial charge is 0.465 e. The number of carbonyl (C=O) groups is 2. The van der Waals surface area contributed by atoms with Gasteiger partial charge in [0.15, 0.2) is 5.92 Å². The normalized spacial score (nSPS) is 10.9. The summed E-state index contributed by atoms with van der Waals surface area (Å²) in [5.41, 5.74) is 0.638. The van der Waals surface area contributed by atoms with Gasteiger partial charge in [0.05, 0.1) is 19.3 Å². The molecule has 0 saturated heterocycles. The Morgan fingerprint density at radius 1 is 1.24 bits per heavy atom. The molecule has 0 atom stereocenters. The van der Waals surface area contributed by atoms with Crippen LogP contribution in [0.15, 0.2) is 11.6 Å². The third-order valence-electron chi connectivity index (χ3n) is 1.98. The molecule has 0 aromatic rings. The Labute approximate surface area is 101 Å². The Morgan fingerprint density at radius 3 is 2.06 bits per heavy atom. The van der Waals surface area contributed by atoms with Crippen molar-refractivity contribution in [2.24, 2.45) is 5.92 Å². The van der Waals surface area contributed by atoms with Gasteiger partial charge in [0.1, 0.15) is 0 Å². The molecule has 17 heavy (non-hydrogen) atoms. The van der Waals surface area contributed by atoms with E-state index in [9.17, 15) is 9.59 Å². The SMILES string of the molecule is CCOC(=O)C(CC(C)=CC#N)C(=O)OCC. The summed E-state index contributed by atoms with van der Waals surface area (Å²) in [7, 11) is 0. The molecule has 0 fully saturated rings. The van der Waals surface area contributed by atoms with Gasteiger partial charge < -0.3 is 9.47 Å². The Kier molecular flexibility index (Phi) is 7.44.